The maximum Gasteiger partial charge on any atom is 0.0886 e. The molecule has 1 heterocycles. The van der Waals surface area contributed by atoms with Gasteiger partial charge in [-0.25, -0.2) is 0 Å². The largest absolute Gasteiger partial charge is 0.388 e. The highest BCUT2D eigenvalue weighted by atomic mass is 79.9. The Kier molecular flexibility index (Phi) is 5.10. The molecular weight excluding hydrogens is 372 g/mol. The molecule has 3 N–H and O–H groups in total. The van der Waals surface area contributed by atoms with E-state index < -0.39 is 6.10 Å². The summed E-state index contributed by atoms with van der Waals surface area (Å²) in [5.41, 5.74) is 7.40. The van der Waals surface area contributed by atoms with E-state index >= 15 is 0 Å². The van der Waals surface area contributed by atoms with Gasteiger partial charge in [-0.05, 0) is 35.9 Å². The molecule has 0 saturated heterocycles. The van der Waals surface area contributed by atoms with Crippen LogP contribution in [-0.2, 0) is 0 Å². The minimum atomic E-state index is -0.686. The van der Waals surface area contributed by atoms with E-state index in [1.807, 2.05) is 36.4 Å². The van der Waals surface area contributed by atoms with E-state index in [1.54, 1.807) is 6.20 Å². The van der Waals surface area contributed by atoms with E-state index in [4.69, 9.17) is 5.73 Å². The molecule has 2 rings (SSSR count). The molecule has 100 valence electrons. The van der Waals surface area contributed by atoms with E-state index in [9.17, 15) is 5.11 Å². The van der Waals surface area contributed by atoms with Crippen molar-refractivity contribution < 1.29 is 5.11 Å². The number of halogens is 2. The zero-order chi connectivity index (χ0) is 13.8. The third-order valence-corrected chi connectivity index (χ3v) is 3.84. The summed E-state index contributed by atoms with van der Waals surface area (Å²) in [6.45, 7) is 0.336. The Bertz CT molecular complexity index is 528. The predicted octanol–water partition coefficient (Wildman–Crippen LogP) is 3.38. The second-order valence-electron chi connectivity index (χ2n) is 4.24. The summed E-state index contributed by atoms with van der Waals surface area (Å²) < 4.78 is 1.82. The lowest BCUT2D eigenvalue weighted by Gasteiger charge is -2.21. The van der Waals surface area contributed by atoms with Crippen LogP contribution in [0, 0.1) is 0 Å². The molecule has 5 heteroatoms. The van der Waals surface area contributed by atoms with Gasteiger partial charge in [0.2, 0.25) is 0 Å². The van der Waals surface area contributed by atoms with Crippen LogP contribution < -0.4 is 5.73 Å². The molecule has 1 aromatic carbocycles. The van der Waals surface area contributed by atoms with E-state index in [2.05, 4.69) is 36.8 Å². The first kappa shape index (κ1) is 14.7. The van der Waals surface area contributed by atoms with Crippen LogP contribution >= 0.6 is 31.9 Å². The number of aromatic nitrogens is 1. The first-order valence-corrected chi connectivity index (χ1v) is 7.45. The Morgan fingerprint density at radius 1 is 1.16 bits per heavy atom. The van der Waals surface area contributed by atoms with Crippen LogP contribution in [0.5, 0.6) is 0 Å². The fourth-order valence-corrected chi connectivity index (χ4v) is 3.31. The summed E-state index contributed by atoms with van der Waals surface area (Å²) in [5.74, 6) is -0.220. The maximum absolute atomic E-state index is 10.5. The molecule has 19 heavy (non-hydrogen) atoms. The number of aliphatic hydroxyl groups is 1. The zero-order valence-corrected chi connectivity index (χ0v) is 13.3. The Hall–Kier alpha value is -0.750. The lowest BCUT2D eigenvalue weighted by molar-refractivity contribution is 0.145. The number of pyridine rings is 1. The summed E-state index contributed by atoms with van der Waals surface area (Å²) in [4.78, 5) is 4.28. The van der Waals surface area contributed by atoms with Crippen molar-refractivity contribution in [2.24, 2.45) is 5.73 Å². The Morgan fingerprint density at radius 2 is 1.84 bits per heavy atom. The van der Waals surface area contributed by atoms with Gasteiger partial charge in [-0.15, -0.1) is 0 Å². The topological polar surface area (TPSA) is 59.1 Å². The summed E-state index contributed by atoms with van der Waals surface area (Å²) >= 11 is 6.84. The lowest BCUT2D eigenvalue weighted by Crippen LogP contribution is -2.21. The lowest BCUT2D eigenvalue weighted by atomic mass is 9.92. The minimum absolute atomic E-state index is 0.220. The molecule has 0 radical (unpaired) electrons. The van der Waals surface area contributed by atoms with Crippen LogP contribution in [0.3, 0.4) is 0 Å². The molecule has 0 amide bonds. The fourth-order valence-electron chi connectivity index (χ4n) is 1.98. The van der Waals surface area contributed by atoms with Crippen molar-refractivity contribution in [2.45, 2.75) is 12.0 Å². The van der Waals surface area contributed by atoms with Crippen molar-refractivity contribution in [2.75, 3.05) is 6.54 Å². The number of hydrogen-bond donors (Lipinski definition) is 2. The van der Waals surface area contributed by atoms with Crippen molar-refractivity contribution in [1.82, 2.24) is 4.98 Å². The van der Waals surface area contributed by atoms with Gasteiger partial charge in [0.05, 0.1) is 6.10 Å². The quantitative estimate of drug-likeness (QED) is 0.847. The average molecular weight is 386 g/mol. The standard InChI is InChI=1S/C14H14Br2N2O/c15-10-5-9(6-11(16)7-10)14(19)12(8-17)13-3-1-2-4-18-13/h1-7,12,14,19H,8,17H2. The average Bonchev–Trinajstić information content (AvgIpc) is 2.39. The molecule has 0 bridgehead atoms. The minimum Gasteiger partial charge on any atom is -0.388 e. The number of hydrogen-bond acceptors (Lipinski definition) is 3. The van der Waals surface area contributed by atoms with E-state index in [0.29, 0.717) is 6.54 Å². The van der Waals surface area contributed by atoms with Gasteiger partial charge in [0.15, 0.2) is 0 Å². The van der Waals surface area contributed by atoms with Gasteiger partial charge < -0.3 is 10.8 Å². The molecule has 0 aliphatic heterocycles. The van der Waals surface area contributed by atoms with Crippen LogP contribution in [0.15, 0.2) is 51.5 Å². The molecule has 0 aliphatic rings. The molecule has 0 fully saturated rings. The van der Waals surface area contributed by atoms with Crippen LogP contribution in [0.4, 0.5) is 0 Å². The number of rotatable bonds is 4. The fraction of sp³-hybridized carbons (Fsp3) is 0.214. The summed E-state index contributed by atoms with van der Waals surface area (Å²) in [5, 5.41) is 10.5. The molecule has 2 atom stereocenters. The second kappa shape index (κ2) is 6.61. The predicted molar refractivity (Wildman–Crippen MR) is 82.8 cm³/mol. The van der Waals surface area contributed by atoms with Gasteiger partial charge in [-0.3, -0.25) is 4.98 Å². The van der Waals surface area contributed by atoms with Crippen molar-refractivity contribution in [3.63, 3.8) is 0 Å². The summed E-state index contributed by atoms with van der Waals surface area (Å²) in [6, 6.07) is 11.3. The van der Waals surface area contributed by atoms with Crippen molar-refractivity contribution >= 4 is 31.9 Å². The molecule has 0 aliphatic carbocycles. The Morgan fingerprint density at radius 3 is 2.37 bits per heavy atom. The van der Waals surface area contributed by atoms with Crippen molar-refractivity contribution in [3.05, 3.63) is 62.8 Å². The molecular formula is C14H14Br2N2O. The van der Waals surface area contributed by atoms with Crippen LogP contribution in [0.25, 0.3) is 0 Å². The van der Waals surface area contributed by atoms with Crippen molar-refractivity contribution in [3.8, 4) is 0 Å². The van der Waals surface area contributed by atoms with Gasteiger partial charge in [0.1, 0.15) is 0 Å². The van der Waals surface area contributed by atoms with Crippen LogP contribution in [0.2, 0.25) is 0 Å². The van der Waals surface area contributed by atoms with Gasteiger partial charge in [-0.2, -0.15) is 0 Å². The molecule has 1 aromatic heterocycles. The molecule has 2 unspecified atom stereocenters. The first-order chi connectivity index (χ1) is 9.11. The monoisotopic (exact) mass is 384 g/mol. The SMILES string of the molecule is NCC(c1ccccn1)C(O)c1cc(Br)cc(Br)c1. The highest BCUT2D eigenvalue weighted by Gasteiger charge is 2.23. The van der Waals surface area contributed by atoms with Gasteiger partial charge in [0.25, 0.3) is 0 Å². The Labute approximate surface area is 129 Å². The van der Waals surface area contributed by atoms with E-state index in [0.717, 1.165) is 20.2 Å². The highest BCUT2D eigenvalue weighted by molar-refractivity contribution is 9.11. The third kappa shape index (κ3) is 3.63. The van der Waals surface area contributed by atoms with Gasteiger partial charge >= 0.3 is 0 Å². The number of benzene rings is 1. The molecule has 3 nitrogen and oxygen atoms in total. The van der Waals surface area contributed by atoms with Crippen molar-refractivity contribution in [1.29, 1.82) is 0 Å². The summed E-state index contributed by atoms with van der Waals surface area (Å²) in [6.07, 6.45) is 1.02. The molecule has 0 spiro atoms. The first-order valence-electron chi connectivity index (χ1n) is 5.87. The van der Waals surface area contributed by atoms with Gasteiger partial charge in [-0.1, -0.05) is 37.9 Å². The third-order valence-electron chi connectivity index (χ3n) is 2.93. The van der Waals surface area contributed by atoms with Gasteiger partial charge in [0, 0.05) is 33.3 Å². The number of nitrogens with zero attached hydrogens (tertiary/aromatic N) is 1. The number of aliphatic hydroxyl groups excluding tert-OH is 1. The summed E-state index contributed by atoms with van der Waals surface area (Å²) in [7, 11) is 0. The normalized spacial score (nSPS) is 14.1. The zero-order valence-electron chi connectivity index (χ0n) is 10.1. The van der Waals surface area contributed by atoms with Crippen LogP contribution in [0.1, 0.15) is 23.3 Å². The molecule has 0 saturated carbocycles. The maximum atomic E-state index is 10.5. The molecule has 2 aromatic rings. The van der Waals surface area contributed by atoms with E-state index in [-0.39, 0.29) is 5.92 Å². The highest BCUT2D eigenvalue weighted by Crippen LogP contribution is 2.32. The number of nitrogens with two attached hydrogens (primary N) is 1. The smallest absolute Gasteiger partial charge is 0.0886 e. The Balaban J connectivity index is 2.33. The van der Waals surface area contributed by atoms with Crippen LogP contribution in [-0.4, -0.2) is 16.6 Å². The van der Waals surface area contributed by atoms with E-state index in [1.165, 1.54) is 0 Å². The second-order valence-corrected chi connectivity index (χ2v) is 6.08.